The third kappa shape index (κ3) is 3.99. The van der Waals surface area contributed by atoms with E-state index in [-0.39, 0.29) is 13.2 Å². The van der Waals surface area contributed by atoms with Gasteiger partial charge in [-0.3, -0.25) is 9.69 Å². The molecule has 5 heteroatoms. The fourth-order valence-corrected chi connectivity index (χ4v) is 2.31. The minimum atomic E-state index is -2.41. The second kappa shape index (κ2) is 6.61. The van der Waals surface area contributed by atoms with E-state index in [1.807, 2.05) is 30.3 Å². The molecule has 1 aliphatic rings. The van der Waals surface area contributed by atoms with Crippen LogP contribution in [0.1, 0.15) is 18.4 Å². The number of ether oxygens (including phenoxy) is 1. The molecule has 0 radical (unpaired) electrons. The molecule has 1 aliphatic heterocycles. The van der Waals surface area contributed by atoms with Crippen LogP contribution in [0, 0.1) is 0 Å². The molecule has 0 amide bonds. The van der Waals surface area contributed by atoms with Gasteiger partial charge in [0.1, 0.15) is 12.6 Å². The maximum atomic E-state index is 12.4. The number of rotatable bonds is 5. The van der Waals surface area contributed by atoms with Crippen LogP contribution < -0.4 is 0 Å². The number of alkyl halides is 2. The molecular weight excluding hydrogens is 252 g/mol. The second-order valence-electron chi connectivity index (χ2n) is 4.64. The Hall–Kier alpha value is -1.49. The van der Waals surface area contributed by atoms with Gasteiger partial charge in [0.05, 0.1) is 6.54 Å². The number of hydrogen-bond acceptors (Lipinski definition) is 3. The number of carbonyl (C=O) groups is 1. The van der Waals surface area contributed by atoms with Crippen molar-refractivity contribution in [2.24, 2.45) is 0 Å². The van der Waals surface area contributed by atoms with E-state index in [4.69, 9.17) is 4.74 Å². The quantitative estimate of drug-likeness (QED) is 0.769. The van der Waals surface area contributed by atoms with E-state index in [0.717, 1.165) is 12.0 Å². The number of esters is 1. The van der Waals surface area contributed by atoms with Gasteiger partial charge in [-0.15, -0.1) is 0 Å². The SMILES string of the molecule is O=C(OCc1ccccc1)[C@@H]1CCCN1CC(F)F. The zero-order chi connectivity index (χ0) is 13.7. The van der Waals surface area contributed by atoms with Crippen molar-refractivity contribution in [1.29, 1.82) is 0 Å². The molecule has 0 aromatic heterocycles. The van der Waals surface area contributed by atoms with Crippen LogP contribution in [0.3, 0.4) is 0 Å². The minimum Gasteiger partial charge on any atom is -0.460 e. The highest BCUT2D eigenvalue weighted by atomic mass is 19.3. The van der Waals surface area contributed by atoms with Crippen molar-refractivity contribution in [3.8, 4) is 0 Å². The fraction of sp³-hybridized carbons (Fsp3) is 0.500. The van der Waals surface area contributed by atoms with Crippen LogP contribution in [0.5, 0.6) is 0 Å². The first-order valence-electron chi connectivity index (χ1n) is 6.39. The van der Waals surface area contributed by atoms with Crippen LogP contribution in [0.15, 0.2) is 30.3 Å². The Bertz CT molecular complexity index is 411. The van der Waals surface area contributed by atoms with E-state index in [1.54, 1.807) is 0 Å². The molecule has 0 unspecified atom stereocenters. The topological polar surface area (TPSA) is 29.5 Å². The smallest absolute Gasteiger partial charge is 0.323 e. The van der Waals surface area contributed by atoms with Crippen molar-refractivity contribution in [2.45, 2.75) is 31.9 Å². The third-order valence-electron chi connectivity index (χ3n) is 3.23. The normalized spacial score (nSPS) is 19.8. The van der Waals surface area contributed by atoms with Crippen molar-refractivity contribution < 1.29 is 18.3 Å². The van der Waals surface area contributed by atoms with E-state index in [1.165, 1.54) is 4.90 Å². The Morgan fingerprint density at radius 3 is 2.79 bits per heavy atom. The summed E-state index contributed by atoms with van der Waals surface area (Å²) in [6.45, 7) is 0.374. The van der Waals surface area contributed by atoms with Gasteiger partial charge in [0, 0.05) is 0 Å². The summed E-state index contributed by atoms with van der Waals surface area (Å²) < 4.78 is 30.0. The monoisotopic (exact) mass is 269 g/mol. The number of hydrogen-bond donors (Lipinski definition) is 0. The van der Waals surface area contributed by atoms with Gasteiger partial charge in [-0.25, -0.2) is 8.78 Å². The predicted octanol–water partition coefficient (Wildman–Crippen LogP) is 2.46. The summed E-state index contributed by atoms with van der Waals surface area (Å²) in [5, 5.41) is 0. The lowest BCUT2D eigenvalue weighted by molar-refractivity contribution is -0.150. The fourth-order valence-electron chi connectivity index (χ4n) is 2.31. The van der Waals surface area contributed by atoms with Crippen LogP contribution in [-0.2, 0) is 16.1 Å². The second-order valence-corrected chi connectivity index (χ2v) is 4.64. The summed E-state index contributed by atoms with van der Waals surface area (Å²) in [7, 11) is 0. The van der Waals surface area contributed by atoms with E-state index in [9.17, 15) is 13.6 Å². The Morgan fingerprint density at radius 2 is 2.11 bits per heavy atom. The molecule has 104 valence electrons. The van der Waals surface area contributed by atoms with Gasteiger partial charge in [0.15, 0.2) is 0 Å². The highest BCUT2D eigenvalue weighted by Gasteiger charge is 2.33. The van der Waals surface area contributed by atoms with Gasteiger partial charge in [-0.05, 0) is 24.9 Å². The number of likely N-dealkylation sites (tertiary alicyclic amines) is 1. The van der Waals surface area contributed by atoms with E-state index in [2.05, 4.69) is 0 Å². The van der Waals surface area contributed by atoms with Gasteiger partial charge in [0.25, 0.3) is 6.43 Å². The van der Waals surface area contributed by atoms with Crippen molar-refractivity contribution in [1.82, 2.24) is 4.90 Å². The first kappa shape index (κ1) is 13.9. The molecule has 1 aromatic rings. The maximum Gasteiger partial charge on any atom is 0.323 e. The summed E-state index contributed by atoms with van der Waals surface area (Å²) in [5.74, 6) is -0.401. The van der Waals surface area contributed by atoms with Crippen LogP contribution in [-0.4, -0.2) is 36.4 Å². The lowest BCUT2D eigenvalue weighted by atomic mass is 10.2. The molecule has 3 nitrogen and oxygen atoms in total. The van der Waals surface area contributed by atoms with Crippen molar-refractivity contribution in [3.05, 3.63) is 35.9 Å². The predicted molar refractivity (Wildman–Crippen MR) is 66.8 cm³/mol. The number of halogens is 2. The highest BCUT2D eigenvalue weighted by molar-refractivity contribution is 5.76. The van der Waals surface area contributed by atoms with Crippen molar-refractivity contribution in [2.75, 3.05) is 13.1 Å². The van der Waals surface area contributed by atoms with Gasteiger partial charge in [-0.1, -0.05) is 30.3 Å². The summed E-state index contributed by atoms with van der Waals surface area (Å²) >= 11 is 0. The highest BCUT2D eigenvalue weighted by Crippen LogP contribution is 2.20. The summed E-state index contributed by atoms with van der Waals surface area (Å²) in [5.41, 5.74) is 0.897. The number of benzene rings is 1. The molecule has 0 N–H and O–H groups in total. The number of carbonyl (C=O) groups excluding carboxylic acids is 1. The summed E-state index contributed by atoms with van der Waals surface area (Å²) in [6, 6.07) is 8.81. The Morgan fingerprint density at radius 1 is 1.37 bits per heavy atom. The van der Waals surface area contributed by atoms with Crippen LogP contribution in [0.4, 0.5) is 8.78 Å². The molecule has 1 saturated heterocycles. The average Bonchev–Trinajstić information content (AvgIpc) is 2.84. The largest absolute Gasteiger partial charge is 0.460 e. The molecule has 2 rings (SSSR count). The molecular formula is C14H17F2NO2. The lowest BCUT2D eigenvalue weighted by Gasteiger charge is -2.22. The van der Waals surface area contributed by atoms with Gasteiger partial charge in [-0.2, -0.15) is 0 Å². The summed E-state index contributed by atoms with van der Waals surface area (Å²) in [6.07, 6.45) is -1.06. The molecule has 1 aromatic carbocycles. The van der Waals surface area contributed by atoms with E-state index >= 15 is 0 Å². The van der Waals surface area contributed by atoms with Crippen molar-refractivity contribution in [3.63, 3.8) is 0 Å². The van der Waals surface area contributed by atoms with Gasteiger partial charge >= 0.3 is 5.97 Å². The van der Waals surface area contributed by atoms with Gasteiger partial charge in [0.2, 0.25) is 0 Å². The molecule has 0 aliphatic carbocycles. The molecule has 19 heavy (non-hydrogen) atoms. The van der Waals surface area contributed by atoms with Gasteiger partial charge < -0.3 is 4.74 Å². The first-order chi connectivity index (χ1) is 9.16. The standard InChI is InChI=1S/C14H17F2NO2/c15-13(16)9-17-8-4-7-12(17)14(18)19-10-11-5-2-1-3-6-11/h1-3,5-6,12-13H,4,7-10H2/t12-/m0/s1. The number of nitrogens with zero attached hydrogens (tertiary/aromatic N) is 1. The van der Waals surface area contributed by atoms with Crippen LogP contribution in [0.2, 0.25) is 0 Å². The Balaban J connectivity index is 1.85. The molecule has 1 atom stereocenters. The molecule has 0 saturated carbocycles. The summed E-state index contributed by atoms with van der Waals surface area (Å²) in [4.78, 5) is 13.4. The van der Waals surface area contributed by atoms with Crippen LogP contribution in [0.25, 0.3) is 0 Å². The molecule has 0 spiro atoms. The van der Waals surface area contributed by atoms with Crippen LogP contribution >= 0.6 is 0 Å². The maximum absolute atomic E-state index is 12.4. The molecule has 1 heterocycles. The van der Waals surface area contributed by atoms with E-state index < -0.39 is 18.4 Å². The first-order valence-corrected chi connectivity index (χ1v) is 6.39. The minimum absolute atomic E-state index is 0.193. The third-order valence-corrected chi connectivity index (χ3v) is 3.23. The molecule has 1 fully saturated rings. The van der Waals surface area contributed by atoms with E-state index in [0.29, 0.717) is 13.0 Å². The zero-order valence-electron chi connectivity index (χ0n) is 10.6. The average molecular weight is 269 g/mol. The lowest BCUT2D eigenvalue weighted by Crippen LogP contribution is -2.39. The Kier molecular flexibility index (Phi) is 4.85. The van der Waals surface area contributed by atoms with Crippen molar-refractivity contribution >= 4 is 5.97 Å². The zero-order valence-corrected chi connectivity index (χ0v) is 10.6. The molecule has 0 bridgehead atoms. The Labute approximate surface area is 111 Å².